The standard InChI is InChI=1S/C19H13Cl2N7/c20-13-6-4-12(5-7-13)9-26-28-19-17-16(22-11-25-19)18(24-10-23-17)27-15-3-1-2-14(21)8-15/h1-11H,(H,22,25,28)(H,23,24,27)/b26-9+. The lowest BCUT2D eigenvalue weighted by molar-refractivity contribution is 1.13. The number of benzene rings is 2. The van der Waals surface area contributed by atoms with Gasteiger partial charge in [-0.1, -0.05) is 41.4 Å². The van der Waals surface area contributed by atoms with Gasteiger partial charge >= 0.3 is 0 Å². The monoisotopic (exact) mass is 409 g/mol. The van der Waals surface area contributed by atoms with Crippen LogP contribution in [0.15, 0.2) is 66.3 Å². The van der Waals surface area contributed by atoms with Gasteiger partial charge in [-0.05, 0) is 35.9 Å². The fourth-order valence-electron chi connectivity index (χ4n) is 2.47. The van der Waals surface area contributed by atoms with E-state index in [-0.39, 0.29) is 0 Å². The summed E-state index contributed by atoms with van der Waals surface area (Å²) >= 11 is 11.9. The Bertz CT molecular complexity index is 1150. The van der Waals surface area contributed by atoms with Crippen LogP contribution in [0.3, 0.4) is 0 Å². The summed E-state index contributed by atoms with van der Waals surface area (Å²) in [7, 11) is 0. The van der Waals surface area contributed by atoms with Gasteiger partial charge in [-0.3, -0.25) is 5.43 Å². The molecule has 0 amide bonds. The number of hydrogen-bond acceptors (Lipinski definition) is 7. The molecule has 7 nitrogen and oxygen atoms in total. The van der Waals surface area contributed by atoms with Crippen molar-refractivity contribution in [3.8, 4) is 0 Å². The lowest BCUT2D eigenvalue weighted by Gasteiger charge is -2.09. The van der Waals surface area contributed by atoms with Crippen LogP contribution in [0.1, 0.15) is 5.56 Å². The first-order valence-corrected chi connectivity index (χ1v) is 8.97. The largest absolute Gasteiger partial charge is 0.338 e. The summed E-state index contributed by atoms with van der Waals surface area (Å²) in [6.45, 7) is 0. The Hall–Kier alpha value is -3.29. The molecule has 2 heterocycles. The molecule has 4 aromatic rings. The normalized spacial score (nSPS) is 11.1. The molecule has 138 valence electrons. The third kappa shape index (κ3) is 4.16. The molecule has 4 rings (SSSR count). The quantitative estimate of drug-likeness (QED) is 0.359. The van der Waals surface area contributed by atoms with E-state index >= 15 is 0 Å². The summed E-state index contributed by atoms with van der Waals surface area (Å²) in [6, 6.07) is 14.6. The molecule has 28 heavy (non-hydrogen) atoms. The Morgan fingerprint density at radius 3 is 2.25 bits per heavy atom. The summed E-state index contributed by atoms with van der Waals surface area (Å²) in [5, 5.41) is 8.70. The molecule has 0 aliphatic rings. The Morgan fingerprint density at radius 2 is 1.50 bits per heavy atom. The minimum atomic E-state index is 0.465. The van der Waals surface area contributed by atoms with E-state index in [1.807, 2.05) is 24.3 Å². The number of aromatic nitrogens is 4. The van der Waals surface area contributed by atoms with E-state index in [9.17, 15) is 0 Å². The second-order valence-corrected chi connectivity index (χ2v) is 6.57. The Morgan fingerprint density at radius 1 is 0.786 bits per heavy atom. The lowest BCUT2D eigenvalue weighted by atomic mass is 10.2. The van der Waals surface area contributed by atoms with Gasteiger partial charge in [-0.15, -0.1) is 0 Å². The highest BCUT2D eigenvalue weighted by Gasteiger charge is 2.10. The van der Waals surface area contributed by atoms with Crippen molar-refractivity contribution in [1.82, 2.24) is 19.9 Å². The lowest BCUT2D eigenvalue weighted by Crippen LogP contribution is -2.01. The summed E-state index contributed by atoms with van der Waals surface area (Å²) in [6.07, 6.45) is 4.53. The van der Waals surface area contributed by atoms with Crippen LogP contribution in [0.5, 0.6) is 0 Å². The maximum absolute atomic E-state index is 6.04. The van der Waals surface area contributed by atoms with Crippen LogP contribution in [0.25, 0.3) is 11.0 Å². The molecule has 0 bridgehead atoms. The molecule has 2 aromatic carbocycles. The molecule has 0 saturated carbocycles. The van der Waals surface area contributed by atoms with Gasteiger partial charge in [0.05, 0.1) is 6.21 Å². The molecule has 0 aliphatic carbocycles. The van der Waals surface area contributed by atoms with Crippen molar-refractivity contribution >= 4 is 57.8 Å². The van der Waals surface area contributed by atoms with Crippen LogP contribution < -0.4 is 10.7 Å². The molecule has 0 aliphatic heterocycles. The van der Waals surface area contributed by atoms with E-state index in [2.05, 4.69) is 35.8 Å². The molecule has 9 heteroatoms. The van der Waals surface area contributed by atoms with E-state index in [0.717, 1.165) is 11.3 Å². The van der Waals surface area contributed by atoms with Gasteiger partial charge in [-0.2, -0.15) is 5.10 Å². The second-order valence-electron chi connectivity index (χ2n) is 5.70. The second kappa shape index (κ2) is 8.16. The van der Waals surface area contributed by atoms with Crippen molar-refractivity contribution in [3.05, 3.63) is 76.8 Å². The van der Waals surface area contributed by atoms with E-state index < -0.39 is 0 Å². The van der Waals surface area contributed by atoms with Crippen molar-refractivity contribution < 1.29 is 0 Å². The number of anilines is 3. The first kappa shape index (κ1) is 18.1. The molecule has 0 atom stereocenters. The molecule has 0 radical (unpaired) electrons. The molecule has 2 N–H and O–H groups in total. The van der Waals surface area contributed by atoms with E-state index in [1.54, 1.807) is 30.5 Å². The fourth-order valence-corrected chi connectivity index (χ4v) is 2.79. The first-order chi connectivity index (χ1) is 13.7. The van der Waals surface area contributed by atoms with Crippen LogP contribution in [-0.4, -0.2) is 26.2 Å². The van der Waals surface area contributed by atoms with Gasteiger partial charge in [0.25, 0.3) is 0 Å². The van der Waals surface area contributed by atoms with Crippen molar-refractivity contribution in [2.45, 2.75) is 0 Å². The van der Waals surface area contributed by atoms with Gasteiger partial charge in [0.2, 0.25) is 0 Å². The minimum Gasteiger partial charge on any atom is -0.338 e. The van der Waals surface area contributed by atoms with Crippen molar-refractivity contribution in [2.24, 2.45) is 5.10 Å². The maximum Gasteiger partial charge on any atom is 0.176 e. The number of hydrogen-bond donors (Lipinski definition) is 2. The molecule has 2 aromatic heterocycles. The van der Waals surface area contributed by atoms with Crippen LogP contribution in [0.2, 0.25) is 10.0 Å². The summed E-state index contributed by atoms with van der Waals surface area (Å²) in [4.78, 5) is 17.1. The number of nitrogens with one attached hydrogen (secondary N) is 2. The SMILES string of the molecule is Clc1ccc(/C=N/Nc2ncnc3c(Nc4cccc(Cl)c4)ncnc23)cc1. The first-order valence-electron chi connectivity index (χ1n) is 8.22. The van der Waals surface area contributed by atoms with E-state index in [1.165, 1.54) is 12.7 Å². The van der Waals surface area contributed by atoms with Crippen LogP contribution in [-0.2, 0) is 0 Å². The summed E-state index contributed by atoms with van der Waals surface area (Å²) < 4.78 is 0. The third-order valence-electron chi connectivity index (χ3n) is 3.76. The Labute approximate surface area is 170 Å². The zero-order valence-corrected chi connectivity index (χ0v) is 15.9. The van der Waals surface area contributed by atoms with Gasteiger partial charge < -0.3 is 5.32 Å². The number of hydrazone groups is 1. The van der Waals surface area contributed by atoms with Gasteiger partial charge in [0.15, 0.2) is 11.6 Å². The highest BCUT2D eigenvalue weighted by Crippen LogP contribution is 2.25. The predicted octanol–water partition coefficient (Wildman–Crippen LogP) is 4.92. The van der Waals surface area contributed by atoms with E-state index in [0.29, 0.717) is 32.7 Å². The highest BCUT2D eigenvalue weighted by atomic mass is 35.5. The van der Waals surface area contributed by atoms with Gasteiger partial charge in [0, 0.05) is 15.7 Å². The van der Waals surface area contributed by atoms with Crippen molar-refractivity contribution in [3.63, 3.8) is 0 Å². The average molecular weight is 410 g/mol. The number of rotatable bonds is 5. The number of nitrogens with zero attached hydrogens (tertiary/aromatic N) is 5. The number of fused-ring (bicyclic) bond motifs is 1. The Kier molecular flexibility index (Phi) is 5.27. The molecule has 0 saturated heterocycles. The average Bonchev–Trinajstić information content (AvgIpc) is 2.70. The zero-order chi connectivity index (χ0) is 19.3. The molecule has 0 spiro atoms. The highest BCUT2D eigenvalue weighted by molar-refractivity contribution is 6.31. The molecule has 0 unspecified atom stereocenters. The zero-order valence-electron chi connectivity index (χ0n) is 14.3. The van der Waals surface area contributed by atoms with E-state index in [4.69, 9.17) is 23.2 Å². The summed E-state index contributed by atoms with van der Waals surface area (Å²) in [5.41, 5.74) is 5.68. The van der Waals surface area contributed by atoms with Crippen molar-refractivity contribution in [2.75, 3.05) is 10.7 Å². The summed E-state index contributed by atoms with van der Waals surface area (Å²) in [5.74, 6) is 1.01. The number of halogens is 2. The molecular formula is C19H13Cl2N7. The third-order valence-corrected chi connectivity index (χ3v) is 4.25. The van der Waals surface area contributed by atoms with Gasteiger partial charge in [0.1, 0.15) is 23.7 Å². The smallest absolute Gasteiger partial charge is 0.176 e. The molecule has 0 fully saturated rings. The van der Waals surface area contributed by atoms with Gasteiger partial charge in [-0.25, -0.2) is 19.9 Å². The molecular weight excluding hydrogens is 397 g/mol. The van der Waals surface area contributed by atoms with Crippen LogP contribution in [0.4, 0.5) is 17.3 Å². The van der Waals surface area contributed by atoms with Crippen LogP contribution in [0, 0.1) is 0 Å². The minimum absolute atomic E-state index is 0.465. The predicted molar refractivity (Wildman–Crippen MR) is 113 cm³/mol. The van der Waals surface area contributed by atoms with Crippen LogP contribution >= 0.6 is 23.2 Å². The Balaban J connectivity index is 1.60. The maximum atomic E-state index is 6.04. The fraction of sp³-hybridized carbons (Fsp3) is 0. The topological polar surface area (TPSA) is 88.0 Å². The van der Waals surface area contributed by atoms with Crippen molar-refractivity contribution in [1.29, 1.82) is 0 Å².